The fourth-order valence-electron chi connectivity index (χ4n) is 1.60. The highest BCUT2D eigenvalue weighted by Gasteiger charge is 2.16. The van der Waals surface area contributed by atoms with Crippen LogP contribution in [0.15, 0.2) is 24.3 Å². The van der Waals surface area contributed by atoms with Crippen molar-refractivity contribution >= 4 is 5.91 Å². The quantitative estimate of drug-likeness (QED) is 0.795. The van der Waals surface area contributed by atoms with Gasteiger partial charge in [-0.15, -0.1) is 0 Å². The number of hydrogen-bond donors (Lipinski definition) is 2. The number of carbonyl (C=O) groups is 1. The van der Waals surface area contributed by atoms with E-state index in [9.17, 15) is 9.18 Å². The number of carbonyl (C=O) groups excluding carboxylic acids is 1. The summed E-state index contributed by atoms with van der Waals surface area (Å²) >= 11 is 0. The molecule has 1 rings (SSSR count). The van der Waals surface area contributed by atoms with Crippen LogP contribution in [-0.4, -0.2) is 19.0 Å². The lowest BCUT2D eigenvalue weighted by molar-refractivity contribution is -0.121. The van der Waals surface area contributed by atoms with Crippen molar-refractivity contribution < 1.29 is 9.18 Å². The molecule has 0 bridgehead atoms. The Hall–Kier alpha value is -1.42. The summed E-state index contributed by atoms with van der Waals surface area (Å²) in [5.74, 6) is -0.186. The molecule has 106 valence electrons. The Morgan fingerprint density at radius 3 is 2.53 bits per heavy atom. The number of hydrogen-bond acceptors (Lipinski definition) is 2. The second kappa shape index (κ2) is 7.24. The van der Waals surface area contributed by atoms with E-state index in [0.717, 1.165) is 18.4 Å². The summed E-state index contributed by atoms with van der Waals surface area (Å²) in [7, 11) is 0. The van der Waals surface area contributed by atoms with Crippen molar-refractivity contribution in [2.75, 3.05) is 13.1 Å². The van der Waals surface area contributed by atoms with Gasteiger partial charge >= 0.3 is 0 Å². The van der Waals surface area contributed by atoms with Crippen LogP contribution in [0.1, 0.15) is 32.3 Å². The highest BCUT2D eigenvalue weighted by molar-refractivity contribution is 5.75. The van der Waals surface area contributed by atoms with Gasteiger partial charge in [0.25, 0.3) is 0 Å². The Kier molecular flexibility index (Phi) is 5.96. The van der Waals surface area contributed by atoms with E-state index in [1.165, 1.54) is 12.1 Å². The second-order valence-corrected chi connectivity index (χ2v) is 5.63. The molecule has 1 aromatic carbocycles. The van der Waals surface area contributed by atoms with Crippen LogP contribution in [0, 0.1) is 11.2 Å². The van der Waals surface area contributed by atoms with Crippen molar-refractivity contribution in [3.63, 3.8) is 0 Å². The van der Waals surface area contributed by atoms with Crippen molar-refractivity contribution in [3.05, 3.63) is 35.6 Å². The number of nitrogens with two attached hydrogens (primary N) is 1. The molecule has 0 saturated carbocycles. The normalized spacial score (nSPS) is 11.4. The van der Waals surface area contributed by atoms with Crippen LogP contribution in [0.2, 0.25) is 0 Å². The van der Waals surface area contributed by atoms with Crippen LogP contribution >= 0.6 is 0 Å². The molecule has 19 heavy (non-hydrogen) atoms. The molecule has 1 amide bonds. The molecule has 0 unspecified atom stereocenters. The highest BCUT2D eigenvalue weighted by Crippen LogP contribution is 2.10. The summed E-state index contributed by atoms with van der Waals surface area (Å²) in [5.41, 5.74) is 6.59. The van der Waals surface area contributed by atoms with Gasteiger partial charge in [-0.1, -0.05) is 26.0 Å². The van der Waals surface area contributed by atoms with Gasteiger partial charge in [0, 0.05) is 13.0 Å². The largest absolute Gasteiger partial charge is 0.356 e. The predicted molar refractivity (Wildman–Crippen MR) is 75.2 cm³/mol. The first-order valence-corrected chi connectivity index (χ1v) is 6.64. The number of benzene rings is 1. The van der Waals surface area contributed by atoms with Crippen molar-refractivity contribution in [1.82, 2.24) is 5.32 Å². The number of aryl methyl sites for hydroxylation is 1. The van der Waals surface area contributed by atoms with Gasteiger partial charge in [0.2, 0.25) is 5.91 Å². The third kappa shape index (κ3) is 6.34. The Bertz CT molecular complexity index is 401. The summed E-state index contributed by atoms with van der Waals surface area (Å²) in [6.45, 7) is 5.18. The maximum atomic E-state index is 12.7. The highest BCUT2D eigenvalue weighted by atomic mass is 19.1. The van der Waals surface area contributed by atoms with Crippen LogP contribution in [0.4, 0.5) is 4.39 Å². The molecule has 0 aliphatic carbocycles. The molecular weight excluding hydrogens is 243 g/mol. The number of nitrogens with one attached hydrogen (secondary N) is 1. The molecule has 0 aliphatic rings. The van der Waals surface area contributed by atoms with Gasteiger partial charge in [0.1, 0.15) is 5.82 Å². The molecule has 0 spiro atoms. The number of rotatable bonds is 7. The maximum Gasteiger partial charge on any atom is 0.220 e. The van der Waals surface area contributed by atoms with E-state index in [1.807, 2.05) is 13.8 Å². The Balaban J connectivity index is 2.22. The van der Waals surface area contributed by atoms with E-state index in [0.29, 0.717) is 19.5 Å². The SMILES string of the molecule is CC(C)(CN)CNC(=O)CCCc1ccc(F)cc1. The average Bonchev–Trinajstić information content (AvgIpc) is 2.39. The van der Waals surface area contributed by atoms with Crippen LogP contribution in [0.3, 0.4) is 0 Å². The third-order valence-electron chi connectivity index (χ3n) is 3.10. The van der Waals surface area contributed by atoms with Gasteiger partial charge in [0.15, 0.2) is 0 Å². The molecule has 0 saturated heterocycles. The lowest BCUT2D eigenvalue weighted by Gasteiger charge is -2.22. The molecule has 0 aromatic heterocycles. The van der Waals surface area contributed by atoms with Gasteiger partial charge in [-0.2, -0.15) is 0 Å². The minimum atomic E-state index is -0.231. The first-order chi connectivity index (χ1) is 8.93. The summed E-state index contributed by atoms with van der Waals surface area (Å²) in [4.78, 5) is 11.6. The third-order valence-corrected chi connectivity index (χ3v) is 3.10. The zero-order chi connectivity index (χ0) is 14.3. The summed E-state index contributed by atoms with van der Waals surface area (Å²) in [5, 5.41) is 2.89. The lowest BCUT2D eigenvalue weighted by Crippen LogP contribution is -2.38. The molecule has 0 heterocycles. The molecular formula is C15H23FN2O. The maximum absolute atomic E-state index is 12.7. The van der Waals surface area contributed by atoms with E-state index >= 15 is 0 Å². The number of amides is 1. The van der Waals surface area contributed by atoms with Gasteiger partial charge in [-0.3, -0.25) is 4.79 Å². The van der Waals surface area contributed by atoms with E-state index in [4.69, 9.17) is 5.73 Å². The predicted octanol–water partition coefficient (Wildman–Crippen LogP) is 2.25. The van der Waals surface area contributed by atoms with Crippen LogP contribution < -0.4 is 11.1 Å². The summed E-state index contributed by atoms with van der Waals surface area (Å²) < 4.78 is 12.7. The standard InChI is InChI=1S/C15H23FN2O/c1-15(2,10-17)11-18-14(19)5-3-4-12-6-8-13(16)9-7-12/h6-9H,3-5,10-11,17H2,1-2H3,(H,18,19). The zero-order valence-electron chi connectivity index (χ0n) is 11.7. The van der Waals surface area contributed by atoms with Crippen molar-refractivity contribution in [3.8, 4) is 0 Å². The van der Waals surface area contributed by atoms with Gasteiger partial charge < -0.3 is 11.1 Å². The zero-order valence-corrected chi connectivity index (χ0v) is 11.7. The molecule has 4 heteroatoms. The van der Waals surface area contributed by atoms with Crippen LogP contribution in [-0.2, 0) is 11.2 Å². The average molecular weight is 266 g/mol. The fraction of sp³-hybridized carbons (Fsp3) is 0.533. The first kappa shape index (κ1) is 15.6. The Morgan fingerprint density at radius 2 is 1.95 bits per heavy atom. The molecule has 1 aromatic rings. The van der Waals surface area contributed by atoms with E-state index in [-0.39, 0.29) is 17.1 Å². The number of halogens is 1. The van der Waals surface area contributed by atoms with Crippen molar-refractivity contribution in [2.45, 2.75) is 33.1 Å². The Labute approximate surface area is 114 Å². The minimum absolute atomic E-state index is 0.0450. The lowest BCUT2D eigenvalue weighted by atomic mass is 9.94. The monoisotopic (exact) mass is 266 g/mol. The van der Waals surface area contributed by atoms with Gasteiger partial charge in [-0.05, 0) is 42.5 Å². The molecule has 0 aliphatic heterocycles. The first-order valence-electron chi connectivity index (χ1n) is 6.64. The summed E-state index contributed by atoms with van der Waals surface area (Å²) in [6, 6.07) is 6.40. The molecule has 0 atom stereocenters. The molecule has 0 fully saturated rings. The van der Waals surface area contributed by atoms with Crippen LogP contribution in [0.5, 0.6) is 0 Å². The van der Waals surface area contributed by atoms with Crippen LogP contribution in [0.25, 0.3) is 0 Å². The molecule has 3 nitrogen and oxygen atoms in total. The second-order valence-electron chi connectivity index (χ2n) is 5.63. The molecule has 3 N–H and O–H groups in total. The molecule has 0 radical (unpaired) electrons. The topological polar surface area (TPSA) is 55.1 Å². The van der Waals surface area contributed by atoms with Gasteiger partial charge in [-0.25, -0.2) is 4.39 Å². The fourth-order valence-corrected chi connectivity index (χ4v) is 1.60. The smallest absolute Gasteiger partial charge is 0.220 e. The van der Waals surface area contributed by atoms with Crippen molar-refractivity contribution in [1.29, 1.82) is 0 Å². The summed E-state index contributed by atoms with van der Waals surface area (Å²) in [6.07, 6.45) is 2.03. The van der Waals surface area contributed by atoms with E-state index in [1.54, 1.807) is 12.1 Å². The minimum Gasteiger partial charge on any atom is -0.356 e. The van der Waals surface area contributed by atoms with Crippen molar-refractivity contribution in [2.24, 2.45) is 11.1 Å². The van der Waals surface area contributed by atoms with Gasteiger partial charge in [0.05, 0.1) is 0 Å². The van der Waals surface area contributed by atoms with E-state index < -0.39 is 0 Å². The Morgan fingerprint density at radius 1 is 1.32 bits per heavy atom. The van der Waals surface area contributed by atoms with E-state index in [2.05, 4.69) is 5.32 Å².